The number of fused-ring (bicyclic) bond motifs is 4. The number of aliphatic carboxylic acids is 1. The minimum absolute atomic E-state index is 0.337. The molecule has 1 fully saturated rings. The fourth-order valence-electron chi connectivity index (χ4n) is 6.56. The Kier molecular flexibility index (Phi) is 6.78. The third-order valence-corrected chi connectivity index (χ3v) is 11.2. The molecular weight excluding hydrogens is 621 g/mol. The first-order chi connectivity index (χ1) is 22.0. The highest BCUT2D eigenvalue weighted by molar-refractivity contribution is 7.18. The van der Waals surface area contributed by atoms with Crippen molar-refractivity contribution in [1.82, 2.24) is 18.7 Å². The second-order valence-corrected chi connectivity index (χ2v) is 13.9. The molecule has 2 atom stereocenters. The summed E-state index contributed by atoms with van der Waals surface area (Å²) in [6.45, 7) is 2.13. The van der Waals surface area contributed by atoms with Crippen molar-refractivity contribution in [2.75, 3.05) is 4.90 Å². The van der Waals surface area contributed by atoms with Crippen LogP contribution < -0.4 is 4.90 Å². The number of rotatable bonds is 6. The zero-order valence-electron chi connectivity index (χ0n) is 24.0. The average molecular weight is 645 g/mol. The second kappa shape index (κ2) is 11.0. The van der Waals surface area contributed by atoms with Crippen molar-refractivity contribution in [3.05, 3.63) is 88.6 Å². The van der Waals surface area contributed by atoms with Gasteiger partial charge in [0, 0.05) is 51.7 Å². The Morgan fingerprint density at radius 1 is 0.978 bits per heavy atom. The summed E-state index contributed by atoms with van der Waals surface area (Å²) in [7, 11) is 0. The smallest absolute Gasteiger partial charge is 0.346 e. The number of thiazole rings is 2. The maximum absolute atomic E-state index is 11.3. The van der Waals surface area contributed by atoms with Gasteiger partial charge in [0.15, 0.2) is 0 Å². The summed E-state index contributed by atoms with van der Waals surface area (Å²) in [6, 6.07) is 22.0. The summed E-state index contributed by atoms with van der Waals surface area (Å²) in [5.74, 6) is -0.725. The van der Waals surface area contributed by atoms with E-state index in [-0.39, 0.29) is 5.57 Å². The molecule has 0 radical (unpaired) electrons. The number of hydrogen-bond acceptors (Lipinski definition) is 10. The number of hydrogen-bond donors (Lipinski definition) is 1. The van der Waals surface area contributed by atoms with Gasteiger partial charge in [-0.3, -0.25) is 0 Å². The molecule has 0 spiro atoms. The van der Waals surface area contributed by atoms with Crippen molar-refractivity contribution in [1.29, 1.82) is 5.26 Å². The predicted octanol–water partition coefficient (Wildman–Crippen LogP) is 8.69. The number of benzene rings is 3. The largest absolute Gasteiger partial charge is 0.477 e. The van der Waals surface area contributed by atoms with E-state index in [0.717, 1.165) is 43.8 Å². The molecular formula is C34H24N6O2S3. The Hall–Kier alpha value is -4.76. The summed E-state index contributed by atoms with van der Waals surface area (Å²) >= 11 is 4.09. The normalized spacial score (nSPS) is 17.4. The van der Waals surface area contributed by atoms with Crippen LogP contribution in [-0.2, 0) is 4.79 Å². The van der Waals surface area contributed by atoms with Crippen molar-refractivity contribution in [3.8, 4) is 37.7 Å². The molecule has 0 amide bonds. The molecule has 2 aliphatic rings. The standard InChI is InChI=1S/C34H24N6O2S3/c1-18-5-8-21(9-6-18)40-27-4-2-3-23(27)26-14-19(7-12-28(26)40)29-17-37-33(44-29)25-11-10-24(30-31(25)39-45-38-30)32-36-16-22(43-32)13-20(15-35)34(41)42/h5-14,16-17,23,27H,2-4H2,1H3,(H,41,42)/b20-13+. The summed E-state index contributed by atoms with van der Waals surface area (Å²) in [6.07, 6.45) is 8.53. The first-order valence-corrected chi connectivity index (χ1v) is 16.9. The van der Waals surface area contributed by atoms with Gasteiger partial charge in [0.25, 0.3) is 0 Å². The van der Waals surface area contributed by atoms with E-state index in [1.807, 2.05) is 18.3 Å². The number of nitriles is 1. The highest BCUT2D eigenvalue weighted by Crippen LogP contribution is 2.53. The van der Waals surface area contributed by atoms with Crippen LogP contribution in [0, 0.1) is 18.3 Å². The topological polar surface area (TPSA) is 116 Å². The molecule has 11 heteroatoms. The van der Waals surface area contributed by atoms with E-state index in [9.17, 15) is 9.90 Å². The molecule has 0 saturated heterocycles. The minimum Gasteiger partial charge on any atom is -0.477 e. The molecule has 3 aromatic heterocycles. The molecule has 220 valence electrons. The van der Waals surface area contributed by atoms with Gasteiger partial charge in [-0.15, -0.1) is 22.7 Å². The third kappa shape index (κ3) is 4.73. The van der Waals surface area contributed by atoms with E-state index in [1.165, 1.54) is 64.7 Å². The zero-order valence-corrected chi connectivity index (χ0v) is 26.4. The number of carbonyl (C=O) groups is 1. The van der Waals surface area contributed by atoms with Gasteiger partial charge in [-0.1, -0.05) is 30.2 Å². The quantitative estimate of drug-likeness (QED) is 0.141. The third-order valence-electron chi connectivity index (χ3n) is 8.64. The van der Waals surface area contributed by atoms with Gasteiger partial charge in [-0.25, -0.2) is 14.8 Å². The van der Waals surface area contributed by atoms with Crippen LogP contribution in [0.15, 0.2) is 72.6 Å². The molecule has 6 aromatic rings. The Balaban J connectivity index is 1.12. The maximum Gasteiger partial charge on any atom is 0.346 e. The van der Waals surface area contributed by atoms with Gasteiger partial charge in [-0.05, 0) is 73.4 Å². The van der Waals surface area contributed by atoms with Gasteiger partial charge in [0.1, 0.15) is 32.7 Å². The predicted molar refractivity (Wildman–Crippen MR) is 180 cm³/mol. The molecule has 8 rings (SSSR count). The monoisotopic (exact) mass is 644 g/mol. The first-order valence-electron chi connectivity index (χ1n) is 14.5. The molecule has 1 aliphatic heterocycles. The Labute approximate surface area is 270 Å². The molecule has 8 nitrogen and oxygen atoms in total. The van der Waals surface area contributed by atoms with Crippen LogP contribution in [0.25, 0.3) is 48.7 Å². The molecule has 3 aromatic carbocycles. The van der Waals surface area contributed by atoms with E-state index in [2.05, 4.69) is 68.0 Å². The second-order valence-electron chi connectivity index (χ2n) is 11.3. The molecule has 4 heterocycles. The number of carboxylic acids is 1. The average Bonchev–Trinajstić information content (AvgIpc) is 3.88. The number of anilines is 2. The fourth-order valence-corrected chi connectivity index (χ4v) is 8.95. The van der Waals surface area contributed by atoms with Crippen LogP contribution in [0.4, 0.5) is 11.4 Å². The molecule has 1 aliphatic carbocycles. The fraction of sp³-hybridized carbons (Fsp3) is 0.176. The van der Waals surface area contributed by atoms with E-state index >= 15 is 0 Å². The van der Waals surface area contributed by atoms with Crippen LogP contribution in [0.1, 0.15) is 41.2 Å². The Morgan fingerprint density at radius 2 is 1.71 bits per heavy atom. The number of aromatic nitrogens is 4. The van der Waals surface area contributed by atoms with Crippen LogP contribution >= 0.6 is 34.4 Å². The summed E-state index contributed by atoms with van der Waals surface area (Å²) in [5.41, 5.74) is 9.34. The maximum atomic E-state index is 11.3. The lowest BCUT2D eigenvalue weighted by Crippen LogP contribution is -2.26. The Morgan fingerprint density at radius 3 is 2.44 bits per heavy atom. The van der Waals surface area contributed by atoms with E-state index in [1.54, 1.807) is 23.6 Å². The molecule has 0 bridgehead atoms. The lowest BCUT2D eigenvalue weighted by atomic mass is 9.96. The zero-order chi connectivity index (χ0) is 30.7. The molecule has 1 N–H and O–H groups in total. The van der Waals surface area contributed by atoms with Crippen molar-refractivity contribution >= 4 is 68.9 Å². The highest BCUT2D eigenvalue weighted by atomic mass is 32.1. The van der Waals surface area contributed by atoms with Crippen molar-refractivity contribution in [3.63, 3.8) is 0 Å². The van der Waals surface area contributed by atoms with Crippen molar-refractivity contribution < 1.29 is 9.90 Å². The van der Waals surface area contributed by atoms with Gasteiger partial charge < -0.3 is 10.0 Å². The van der Waals surface area contributed by atoms with Gasteiger partial charge in [0.05, 0.1) is 16.6 Å². The van der Waals surface area contributed by atoms with Gasteiger partial charge >= 0.3 is 5.97 Å². The van der Waals surface area contributed by atoms with E-state index in [0.29, 0.717) is 21.8 Å². The van der Waals surface area contributed by atoms with Crippen LogP contribution in [0.5, 0.6) is 0 Å². The SMILES string of the molecule is Cc1ccc(N2c3ccc(-c4cnc(-c5ccc(-c6ncc(/C=C(\C#N)C(=O)O)s6)c6nsnc56)s4)cc3C3CCCC32)cc1. The Bertz CT molecular complexity index is 2190. The van der Waals surface area contributed by atoms with Gasteiger partial charge in [0.2, 0.25) is 0 Å². The lowest BCUT2D eigenvalue weighted by Gasteiger charge is -2.27. The lowest BCUT2D eigenvalue weighted by molar-refractivity contribution is -0.132. The van der Waals surface area contributed by atoms with Crippen LogP contribution in [-0.4, -0.2) is 35.8 Å². The minimum atomic E-state index is -1.27. The molecule has 45 heavy (non-hydrogen) atoms. The van der Waals surface area contributed by atoms with Crippen molar-refractivity contribution in [2.24, 2.45) is 0 Å². The highest BCUT2D eigenvalue weighted by Gasteiger charge is 2.42. The first kappa shape index (κ1) is 27.8. The van der Waals surface area contributed by atoms with Crippen LogP contribution in [0.2, 0.25) is 0 Å². The molecule has 1 saturated carbocycles. The van der Waals surface area contributed by atoms with E-state index < -0.39 is 5.97 Å². The number of aryl methyl sites for hydroxylation is 1. The number of carboxylic acid groups (broad SMARTS) is 1. The van der Waals surface area contributed by atoms with Crippen molar-refractivity contribution in [2.45, 2.75) is 38.1 Å². The summed E-state index contributed by atoms with van der Waals surface area (Å²) < 4.78 is 9.19. The summed E-state index contributed by atoms with van der Waals surface area (Å²) in [5, 5.41) is 19.9. The van der Waals surface area contributed by atoms with Crippen LogP contribution in [0.3, 0.4) is 0 Å². The molecule has 2 unspecified atom stereocenters. The summed E-state index contributed by atoms with van der Waals surface area (Å²) in [4.78, 5) is 24.8. The van der Waals surface area contributed by atoms with Gasteiger partial charge in [-0.2, -0.15) is 14.0 Å². The van der Waals surface area contributed by atoms with E-state index in [4.69, 9.17) is 10.2 Å². The number of nitrogens with zero attached hydrogens (tertiary/aromatic N) is 6.